The molecule has 2 aromatic rings. The first-order valence-corrected chi connectivity index (χ1v) is 7.92. The maximum Gasteiger partial charge on any atom is 0.315 e. The number of halogens is 1. The van der Waals surface area contributed by atoms with Crippen molar-refractivity contribution < 1.29 is 4.79 Å². The fourth-order valence-electron chi connectivity index (χ4n) is 2.43. The summed E-state index contributed by atoms with van der Waals surface area (Å²) in [5, 5.41) is 14.4. The molecule has 0 aliphatic carbocycles. The van der Waals surface area contributed by atoms with Crippen LogP contribution in [0.25, 0.3) is 0 Å². The number of benzene rings is 1. The zero-order chi connectivity index (χ0) is 17.0. The van der Waals surface area contributed by atoms with Crippen molar-refractivity contribution in [1.82, 2.24) is 25.4 Å². The number of amides is 2. The van der Waals surface area contributed by atoms with Crippen molar-refractivity contribution in [1.29, 1.82) is 0 Å². The highest BCUT2D eigenvalue weighted by Gasteiger charge is 2.20. The van der Waals surface area contributed by atoms with E-state index in [1.54, 1.807) is 10.9 Å². The molecule has 1 aromatic carbocycles. The lowest BCUT2D eigenvalue weighted by Crippen LogP contribution is -2.41. The minimum absolute atomic E-state index is 0.0982. The number of aryl methyl sites for hydroxylation is 1. The molecule has 0 spiro atoms. The monoisotopic (exact) mass is 335 g/mol. The van der Waals surface area contributed by atoms with Gasteiger partial charge >= 0.3 is 6.03 Å². The zero-order valence-electron chi connectivity index (χ0n) is 13.7. The van der Waals surface area contributed by atoms with E-state index < -0.39 is 0 Å². The van der Waals surface area contributed by atoms with Crippen LogP contribution >= 0.6 is 11.6 Å². The van der Waals surface area contributed by atoms with Crippen LogP contribution in [0.2, 0.25) is 5.02 Å². The Hall–Kier alpha value is -2.08. The van der Waals surface area contributed by atoms with Gasteiger partial charge in [0, 0.05) is 12.1 Å². The van der Waals surface area contributed by atoms with Crippen LogP contribution in [-0.2, 0) is 7.05 Å². The van der Waals surface area contributed by atoms with Crippen LogP contribution in [0.5, 0.6) is 0 Å². The largest absolute Gasteiger partial charge is 0.331 e. The van der Waals surface area contributed by atoms with Gasteiger partial charge in [0.25, 0.3) is 0 Å². The van der Waals surface area contributed by atoms with Gasteiger partial charge in [-0.1, -0.05) is 37.6 Å². The van der Waals surface area contributed by atoms with E-state index in [-0.39, 0.29) is 24.0 Å². The van der Waals surface area contributed by atoms with Gasteiger partial charge in [-0.15, -0.1) is 10.2 Å². The van der Waals surface area contributed by atoms with Crippen molar-refractivity contribution in [3.05, 3.63) is 47.0 Å². The summed E-state index contributed by atoms with van der Waals surface area (Å²) in [7, 11) is 1.84. The molecule has 1 aromatic heterocycles. The number of hydrogen-bond donors (Lipinski definition) is 2. The third kappa shape index (κ3) is 4.45. The van der Waals surface area contributed by atoms with Gasteiger partial charge in [-0.3, -0.25) is 0 Å². The Bertz CT molecular complexity index is 653. The molecule has 0 fully saturated rings. The second kappa shape index (κ2) is 7.46. The Kier molecular flexibility index (Phi) is 5.60. The molecule has 2 unspecified atom stereocenters. The van der Waals surface area contributed by atoms with Gasteiger partial charge < -0.3 is 15.2 Å². The number of nitrogens with one attached hydrogen (secondary N) is 2. The molecule has 0 bridgehead atoms. The van der Waals surface area contributed by atoms with E-state index in [1.165, 1.54) is 0 Å². The van der Waals surface area contributed by atoms with Crippen LogP contribution in [-0.4, -0.2) is 20.8 Å². The van der Waals surface area contributed by atoms with E-state index >= 15 is 0 Å². The van der Waals surface area contributed by atoms with Crippen molar-refractivity contribution in [3.8, 4) is 0 Å². The van der Waals surface area contributed by atoms with Crippen LogP contribution in [0, 0.1) is 5.92 Å². The smallest absolute Gasteiger partial charge is 0.315 e. The molecule has 6 nitrogen and oxygen atoms in total. The SMILES string of the molecule is CC(NC(=O)NC(c1ccc(Cl)cc1)C(C)C)c1nncn1C. The van der Waals surface area contributed by atoms with E-state index in [2.05, 4.69) is 34.7 Å². The molecule has 2 atom stereocenters. The van der Waals surface area contributed by atoms with Gasteiger partial charge in [-0.2, -0.15) is 0 Å². The van der Waals surface area contributed by atoms with Crippen molar-refractivity contribution in [3.63, 3.8) is 0 Å². The van der Waals surface area contributed by atoms with Gasteiger partial charge in [0.2, 0.25) is 0 Å². The Labute approximate surface area is 141 Å². The highest BCUT2D eigenvalue weighted by Crippen LogP contribution is 2.23. The topological polar surface area (TPSA) is 71.8 Å². The molecule has 0 saturated heterocycles. The third-order valence-corrected chi connectivity index (χ3v) is 3.92. The molecule has 0 aliphatic heterocycles. The van der Waals surface area contributed by atoms with Crippen LogP contribution < -0.4 is 10.6 Å². The van der Waals surface area contributed by atoms with Crippen LogP contribution in [0.4, 0.5) is 4.79 Å². The summed E-state index contributed by atoms with van der Waals surface area (Å²) in [5.74, 6) is 0.944. The van der Waals surface area contributed by atoms with Gasteiger partial charge in [0.05, 0.1) is 12.1 Å². The Morgan fingerprint density at radius 3 is 2.35 bits per heavy atom. The standard InChI is InChI=1S/C16H22ClN5O/c1-10(2)14(12-5-7-13(17)8-6-12)20-16(23)19-11(3)15-21-18-9-22(15)4/h5-11,14H,1-4H3,(H2,19,20,23). The fraction of sp³-hybridized carbons (Fsp3) is 0.438. The molecule has 2 rings (SSSR count). The fourth-order valence-corrected chi connectivity index (χ4v) is 2.56. The number of urea groups is 1. The minimum atomic E-state index is -0.242. The molecule has 0 radical (unpaired) electrons. The second-order valence-electron chi connectivity index (χ2n) is 5.91. The summed E-state index contributed by atoms with van der Waals surface area (Å²) in [4.78, 5) is 12.3. The summed E-state index contributed by atoms with van der Waals surface area (Å²) in [5.41, 5.74) is 1.02. The van der Waals surface area contributed by atoms with Crippen molar-refractivity contribution in [2.75, 3.05) is 0 Å². The quantitative estimate of drug-likeness (QED) is 0.881. The molecule has 1 heterocycles. The Morgan fingerprint density at radius 2 is 1.83 bits per heavy atom. The maximum atomic E-state index is 12.3. The molecule has 0 saturated carbocycles. The highest BCUT2D eigenvalue weighted by atomic mass is 35.5. The minimum Gasteiger partial charge on any atom is -0.331 e. The van der Waals surface area contributed by atoms with Gasteiger partial charge in [-0.05, 0) is 30.5 Å². The van der Waals surface area contributed by atoms with Crippen LogP contribution in [0.15, 0.2) is 30.6 Å². The van der Waals surface area contributed by atoms with Crippen LogP contribution in [0.1, 0.15) is 44.2 Å². The van der Waals surface area contributed by atoms with Crippen molar-refractivity contribution in [2.45, 2.75) is 32.9 Å². The van der Waals surface area contributed by atoms with Crippen molar-refractivity contribution >= 4 is 17.6 Å². The summed E-state index contributed by atoms with van der Waals surface area (Å²) >= 11 is 5.93. The van der Waals surface area contributed by atoms with E-state index in [0.29, 0.717) is 10.8 Å². The predicted molar refractivity (Wildman–Crippen MR) is 90.1 cm³/mol. The predicted octanol–water partition coefficient (Wildman–Crippen LogP) is 3.23. The summed E-state index contributed by atoms with van der Waals surface area (Å²) in [6.07, 6.45) is 1.61. The highest BCUT2D eigenvalue weighted by molar-refractivity contribution is 6.30. The lowest BCUT2D eigenvalue weighted by Gasteiger charge is -2.24. The average Bonchev–Trinajstić information content (AvgIpc) is 2.92. The second-order valence-corrected chi connectivity index (χ2v) is 6.35. The van der Waals surface area contributed by atoms with Crippen LogP contribution in [0.3, 0.4) is 0 Å². The first kappa shape index (κ1) is 17.3. The summed E-state index contributed by atoms with van der Waals surface area (Å²) < 4.78 is 1.78. The molecular weight excluding hydrogens is 314 g/mol. The van der Waals surface area contributed by atoms with E-state index in [4.69, 9.17) is 11.6 Å². The Morgan fingerprint density at radius 1 is 1.17 bits per heavy atom. The van der Waals surface area contributed by atoms with Crippen molar-refractivity contribution in [2.24, 2.45) is 13.0 Å². The normalized spacial score (nSPS) is 13.7. The molecule has 7 heteroatoms. The number of rotatable bonds is 5. The molecule has 2 amide bonds. The lowest BCUT2D eigenvalue weighted by molar-refractivity contribution is 0.229. The Balaban J connectivity index is 2.04. The maximum absolute atomic E-state index is 12.3. The molecule has 0 aliphatic rings. The van der Waals surface area contributed by atoms with E-state index in [9.17, 15) is 4.79 Å². The summed E-state index contributed by atoms with van der Waals surface area (Å²) in [6.45, 7) is 5.99. The molecular formula is C16H22ClN5O. The number of hydrogen-bond acceptors (Lipinski definition) is 3. The number of carbonyl (C=O) groups is 1. The molecule has 2 N–H and O–H groups in total. The van der Waals surface area contributed by atoms with E-state index in [1.807, 2.05) is 38.2 Å². The molecule has 23 heavy (non-hydrogen) atoms. The summed E-state index contributed by atoms with van der Waals surface area (Å²) in [6, 6.07) is 6.94. The zero-order valence-corrected chi connectivity index (χ0v) is 14.5. The van der Waals surface area contributed by atoms with Gasteiger partial charge in [-0.25, -0.2) is 4.79 Å². The average molecular weight is 336 g/mol. The molecule has 124 valence electrons. The van der Waals surface area contributed by atoms with Gasteiger partial charge in [0.1, 0.15) is 6.33 Å². The number of aromatic nitrogens is 3. The number of nitrogens with zero attached hydrogens (tertiary/aromatic N) is 3. The third-order valence-electron chi connectivity index (χ3n) is 3.66. The first-order chi connectivity index (χ1) is 10.9. The number of carbonyl (C=O) groups excluding carboxylic acids is 1. The van der Waals surface area contributed by atoms with E-state index in [0.717, 1.165) is 5.56 Å². The lowest BCUT2D eigenvalue weighted by atomic mass is 9.96. The van der Waals surface area contributed by atoms with Gasteiger partial charge in [0.15, 0.2) is 5.82 Å². The first-order valence-electron chi connectivity index (χ1n) is 7.55.